The van der Waals surface area contributed by atoms with E-state index in [1.165, 1.54) is 0 Å². The number of carbonyl (C=O) groups excluding carboxylic acids is 1. The number of nitrogens with zero attached hydrogens (tertiary/aromatic N) is 1. The van der Waals surface area contributed by atoms with Crippen LogP contribution in [0.2, 0.25) is 0 Å². The van der Waals surface area contributed by atoms with Gasteiger partial charge in [-0.2, -0.15) is 0 Å². The molecule has 2 aromatic rings. The first kappa shape index (κ1) is 16.1. The van der Waals surface area contributed by atoms with Gasteiger partial charge in [0.15, 0.2) is 0 Å². The highest BCUT2D eigenvalue weighted by atomic mass is 127. The van der Waals surface area contributed by atoms with Crippen molar-refractivity contribution in [2.45, 2.75) is 0 Å². The molecule has 2 N–H and O–H groups in total. The maximum absolute atomic E-state index is 12.3. The Morgan fingerprint density at radius 1 is 0.957 bits per heavy atom. The van der Waals surface area contributed by atoms with Crippen molar-refractivity contribution >= 4 is 45.7 Å². The van der Waals surface area contributed by atoms with Crippen molar-refractivity contribution in [3.8, 4) is 0 Å². The number of halogens is 1. The van der Waals surface area contributed by atoms with Crippen LogP contribution in [0, 0.1) is 3.57 Å². The van der Waals surface area contributed by atoms with Gasteiger partial charge in [0, 0.05) is 16.7 Å². The first-order valence-corrected chi connectivity index (χ1v) is 8.56. The highest BCUT2D eigenvalue weighted by Gasteiger charge is 2.15. The van der Waals surface area contributed by atoms with E-state index >= 15 is 0 Å². The summed E-state index contributed by atoms with van der Waals surface area (Å²) in [5, 5.41) is 5.84. The molecule has 0 spiro atoms. The Bertz CT molecular complexity index is 687. The number of ether oxygens (including phenoxy) is 1. The van der Waals surface area contributed by atoms with E-state index in [1.54, 1.807) is 0 Å². The molecule has 1 saturated heterocycles. The topological polar surface area (TPSA) is 53.6 Å². The molecule has 1 aliphatic rings. The van der Waals surface area contributed by atoms with Gasteiger partial charge in [-0.3, -0.25) is 0 Å². The lowest BCUT2D eigenvalue weighted by atomic mass is 10.2. The molecule has 1 fully saturated rings. The molecule has 0 aliphatic carbocycles. The van der Waals surface area contributed by atoms with Gasteiger partial charge in [-0.05, 0) is 46.9 Å². The highest BCUT2D eigenvalue weighted by Crippen LogP contribution is 2.26. The summed E-state index contributed by atoms with van der Waals surface area (Å²) in [6.45, 7) is 3.08. The van der Waals surface area contributed by atoms with Crippen molar-refractivity contribution in [2.24, 2.45) is 0 Å². The van der Waals surface area contributed by atoms with Crippen LogP contribution in [-0.2, 0) is 4.74 Å². The first-order valence-electron chi connectivity index (χ1n) is 7.48. The first-order chi connectivity index (χ1) is 11.2. The van der Waals surface area contributed by atoms with E-state index in [4.69, 9.17) is 4.74 Å². The zero-order valence-electron chi connectivity index (χ0n) is 12.6. The monoisotopic (exact) mass is 423 g/mol. The Hall–Kier alpha value is -1.80. The molecule has 5 nitrogen and oxygen atoms in total. The van der Waals surface area contributed by atoms with Crippen molar-refractivity contribution in [1.82, 2.24) is 0 Å². The molecule has 6 heteroatoms. The van der Waals surface area contributed by atoms with Crippen LogP contribution in [0.4, 0.5) is 21.9 Å². The van der Waals surface area contributed by atoms with E-state index in [9.17, 15) is 4.79 Å². The Morgan fingerprint density at radius 3 is 2.30 bits per heavy atom. The third-order valence-electron chi connectivity index (χ3n) is 3.63. The molecule has 0 saturated carbocycles. The molecular formula is C17H18IN3O2. The van der Waals surface area contributed by atoms with Gasteiger partial charge >= 0.3 is 6.03 Å². The number of benzene rings is 2. The largest absolute Gasteiger partial charge is 0.378 e. The summed E-state index contributed by atoms with van der Waals surface area (Å²) < 4.78 is 6.39. The van der Waals surface area contributed by atoms with Gasteiger partial charge in [-0.25, -0.2) is 4.79 Å². The number of rotatable bonds is 3. The van der Waals surface area contributed by atoms with Crippen LogP contribution in [0.15, 0.2) is 48.5 Å². The van der Waals surface area contributed by atoms with Gasteiger partial charge in [0.25, 0.3) is 0 Å². The Kier molecular flexibility index (Phi) is 5.35. The normalized spacial score (nSPS) is 14.4. The van der Waals surface area contributed by atoms with Crippen molar-refractivity contribution in [3.63, 3.8) is 0 Å². The van der Waals surface area contributed by atoms with Gasteiger partial charge < -0.3 is 20.3 Å². The van der Waals surface area contributed by atoms with Crippen molar-refractivity contribution in [2.75, 3.05) is 41.8 Å². The summed E-state index contributed by atoms with van der Waals surface area (Å²) >= 11 is 2.20. The lowest BCUT2D eigenvalue weighted by Gasteiger charge is -2.30. The molecule has 1 heterocycles. The maximum Gasteiger partial charge on any atom is 0.323 e. The minimum Gasteiger partial charge on any atom is -0.378 e. The summed E-state index contributed by atoms with van der Waals surface area (Å²) in [5.74, 6) is 0. The van der Waals surface area contributed by atoms with E-state index in [0.717, 1.165) is 33.7 Å². The van der Waals surface area contributed by atoms with Gasteiger partial charge in [0.05, 0.1) is 30.3 Å². The second-order valence-corrected chi connectivity index (χ2v) is 6.34. The Morgan fingerprint density at radius 2 is 1.57 bits per heavy atom. The summed E-state index contributed by atoms with van der Waals surface area (Å²) in [4.78, 5) is 14.5. The van der Waals surface area contributed by atoms with Gasteiger partial charge in [0.2, 0.25) is 0 Å². The number of hydrogen-bond donors (Lipinski definition) is 2. The molecule has 1 aliphatic heterocycles. The second kappa shape index (κ2) is 7.65. The van der Waals surface area contributed by atoms with Crippen LogP contribution in [-0.4, -0.2) is 32.3 Å². The van der Waals surface area contributed by atoms with E-state index in [2.05, 4.69) is 38.1 Å². The fourth-order valence-electron chi connectivity index (χ4n) is 2.50. The molecular weight excluding hydrogens is 405 g/mol. The van der Waals surface area contributed by atoms with Gasteiger partial charge in [-0.15, -0.1) is 0 Å². The second-order valence-electron chi connectivity index (χ2n) is 5.18. The number of nitrogens with one attached hydrogen (secondary N) is 2. The van der Waals surface area contributed by atoms with Crippen LogP contribution >= 0.6 is 22.6 Å². The lowest BCUT2D eigenvalue weighted by Crippen LogP contribution is -2.37. The number of amides is 2. The van der Waals surface area contributed by atoms with E-state index in [-0.39, 0.29) is 6.03 Å². The van der Waals surface area contributed by atoms with Crippen LogP contribution in [0.5, 0.6) is 0 Å². The minimum atomic E-state index is -0.241. The number of carbonyl (C=O) groups is 1. The smallest absolute Gasteiger partial charge is 0.323 e. The quantitative estimate of drug-likeness (QED) is 0.740. The Labute approximate surface area is 149 Å². The molecule has 0 bridgehead atoms. The number of anilines is 3. The Balaban J connectivity index is 1.72. The van der Waals surface area contributed by atoms with Crippen LogP contribution < -0.4 is 15.5 Å². The highest BCUT2D eigenvalue weighted by molar-refractivity contribution is 14.1. The van der Waals surface area contributed by atoms with Gasteiger partial charge in [-0.1, -0.05) is 24.3 Å². The lowest BCUT2D eigenvalue weighted by molar-refractivity contribution is 0.123. The molecule has 23 heavy (non-hydrogen) atoms. The van der Waals surface area contributed by atoms with Crippen molar-refractivity contribution in [1.29, 1.82) is 0 Å². The van der Waals surface area contributed by atoms with E-state index in [0.29, 0.717) is 13.2 Å². The zero-order chi connectivity index (χ0) is 16.1. The van der Waals surface area contributed by atoms with Crippen molar-refractivity contribution < 1.29 is 9.53 Å². The zero-order valence-corrected chi connectivity index (χ0v) is 14.7. The van der Waals surface area contributed by atoms with E-state index in [1.807, 2.05) is 48.5 Å². The molecule has 2 aromatic carbocycles. The van der Waals surface area contributed by atoms with E-state index < -0.39 is 0 Å². The summed E-state index contributed by atoms with van der Waals surface area (Å²) in [7, 11) is 0. The predicted molar refractivity (Wildman–Crippen MR) is 101 cm³/mol. The average Bonchev–Trinajstić information content (AvgIpc) is 2.58. The number of morpholine rings is 1. The third kappa shape index (κ3) is 4.14. The molecule has 0 radical (unpaired) electrons. The fourth-order valence-corrected chi connectivity index (χ4v) is 3.02. The number of urea groups is 1. The molecule has 0 atom stereocenters. The predicted octanol–water partition coefficient (Wildman–Crippen LogP) is 3.77. The minimum absolute atomic E-state index is 0.241. The third-order valence-corrected chi connectivity index (χ3v) is 4.57. The summed E-state index contributed by atoms with van der Waals surface area (Å²) in [6.07, 6.45) is 0. The number of hydrogen-bond acceptors (Lipinski definition) is 3. The summed E-state index contributed by atoms with van der Waals surface area (Å²) in [6, 6.07) is 15.3. The molecule has 3 rings (SSSR count). The van der Waals surface area contributed by atoms with Crippen LogP contribution in [0.25, 0.3) is 0 Å². The van der Waals surface area contributed by atoms with Gasteiger partial charge in [0.1, 0.15) is 0 Å². The number of para-hydroxylation sites is 3. The average molecular weight is 423 g/mol. The fraction of sp³-hybridized carbons (Fsp3) is 0.235. The standard InChI is InChI=1S/C17H18IN3O2/c18-13-5-1-2-6-14(13)19-17(22)20-15-7-3-4-8-16(15)21-9-11-23-12-10-21/h1-8H,9-12H2,(H2,19,20,22). The van der Waals surface area contributed by atoms with Crippen LogP contribution in [0.3, 0.4) is 0 Å². The molecule has 0 unspecified atom stereocenters. The molecule has 120 valence electrons. The van der Waals surface area contributed by atoms with Crippen LogP contribution in [0.1, 0.15) is 0 Å². The SMILES string of the molecule is O=C(Nc1ccccc1I)Nc1ccccc1N1CCOCC1. The van der Waals surface area contributed by atoms with Crippen molar-refractivity contribution in [3.05, 3.63) is 52.1 Å². The molecule has 2 amide bonds. The maximum atomic E-state index is 12.3. The molecule has 0 aromatic heterocycles. The summed E-state index contributed by atoms with van der Waals surface area (Å²) in [5.41, 5.74) is 2.63.